The van der Waals surface area contributed by atoms with E-state index in [1.807, 2.05) is 0 Å². The molecule has 0 radical (unpaired) electrons. The molecule has 2 aliphatic rings. The van der Waals surface area contributed by atoms with Crippen molar-refractivity contribution < 1.29 is 28.6 Å². The number of morpholine rings is 1. The summed E-state index contributed by atoms with van der Waals surface area (Å²) in [7, 11) is 1.27. The minimum Gasteiger partial charge on any atom is -0.481 e. The Morgan fingerprint density at radius 3 is 2.94 bits per heavy atom. The third-order valence-corrected chi connectivity index (χ3v) is 7.38. The summed E-state index contributed by atoms with van der Waals surface area (Å²) in [5, 5.41) is 14.9. The van der Waals surface area contributed by atoms with Crippen LogP contribution in [0.15, 0.2) is 46.0 Å². The van der Waals surface area contributed by atoms with Crippen LogP contribution < -0.4 is 5.32 Å². The lowest BCUT2D eigenvalue weighted by atomic mass is 9.94. The number of hydrogen-bond acceptors (Lipinski definition) is 9. The van der Waals surface area contributed by atoms with E-state index in [1.165, 1.54) is 30.6 Å². The van der Waals surface area contributed by atoms with Crippen molar-refractivity contribution in [2.45, 2.75) is 25.4 Å². The van der Waals surface area contributed by atoms with Crippen LogP contribution in [0.4, 0.5) is 4.39 Å². The molecule has 0 aliphatic carbocycles. The standard InChI is InChI=1S/C24H26ClFN4O5S/c1-13(23(31)32)10-14-12-35-8-7-30(14)11-17-18(24(33)34-2)20(15-4-3-5-16(26)19(15)25)29-21(28-17)22-27-6-9-36-22/h3-6,9,13-14,20H,7-8,10-12H2,1-2H3,(H,28,29)(H,31,32)/t13?,14-,20+/m1/s1. The summed E-state index contributed by atoms with van der Waals surface area (Å²) in [6, 6.07) is 3.25. The molecule has 3 atom stereocenters. The SMILES string of the molecule is COC(=O)C1=C(CN2CCOC[C@H]2CC(C)C(=O)O)NC(c2nccs2)=N[C@H]1c1cccc(F)c1Cl. The lowest BCUT2D eigenvalue weighted by Crippen LogP contribution is -2.49. The van der Waals surface area contributed by atoms with Crippen LogP contribution in [-0.2, 0) is 19.1 Å². The van der Waals surface area contributed by atoms with Gasteiger partial charge in [0.2, 0.25) is 0 Å². The van der Waals surface area contributed by atoms with Crippen LogP contribution in [0.2, 0.25) is 5.02 Å². The van der Waals surface area contributed by atoms with Crippen LogP contribution in [0.3, 0.4) is 0 Å². The fourth-order valence-corrected chi connectivity index (χ4v) is 5.12. The molecule has 192 valence electrons. The molecule has 4 rings (SSSR count). The van der Waals surface area contributed by atoms with Crippen molar-refractivity contribution in [1.29, 1.82) is 0 Å². The van der Waals surface area contributed by atoms with Gasteiger partial charge >= 0.3 is 11.9 Å². The van der Waals surface area contributed by atoms with E-state index in [0.717, 1.165) is 0 Å². The monoisotopic (exact) mass is 536 g/mol. The summed E-state index contributed by atoms with van der Waals surface area (Å²) in [4.78, 5) is 35.7. The van der Waals surface area contributed by atoms with Crippen LogP contribution in [0.1, 0.15) is 30.0 Å². The second-order valence-electron chi connectivity index (χ2n) is 8.54. The molecule has 2 aliphatic heterocycles. The first kappa shape index (κ1) is 26.2. The smallest absolute Gasteiger partial charge is 0.338 e. The number of hydrogen-bond donors (Lipinski definition) is 2. The maximum absolute atomic E-state index is 14.4. The molecular formula is C24H26ClFN4O5S. The van der Waals surface area contributed by atoms with E-state index in [9.17, 15) is 19.1 Å². The van der Waals surface area contributed by atoms with Crippen molar-refractivity contribution in [2.75, 3.05) is 33.4 Å². The van der Waals surface area contributed by atoms with Crippen molar-refractivity contribution in [1.82, 2.24) is 15.2 Å². The van der Waals surface area contributed by atoms with Gasteiger partial charge in [-0.1, -0.05) is 30.7 Å². The number of carbonyl (C=O) groups excluding carboxylic acids is 1. The molecule has 0 amide bonds. The number of carboxylic acids is 1. The molecule has 2 N–H and O–H groups in total. The number of rotatable bonds is 8. The summed E-state index contributed by atoms with van der Waals surface area (Å²) in [6.07, 6.45) is 2.02. The van der Waals surface area contributed by atoms with Gasteiger partial charge in [-0.05, 0) is 12.5 Å². The Balaban J connectivity index is 1.78. The lowest BCUT2D eigenvalue weighted by molar-refractivity contribution is -0.142. The lowest BCUT2D eigenvalue weighted by Gasteiger charge is -2.38. The number of thiazole rings is 1. The van der Waals surface area contributed by atoms with Crippen LogP contribution in [0.25, 0.3) is 0 Å². The minimum absolute atomic E-state index is 0.132. The first-order chi connectivity index (χ1) is 17.3. The first-order valence-electron chi connectivity index (χ1n) is 11.3. The van der Waals surface area contributed by atoms with Crippen LogP contribution in [-0.4, -0.2) is 72.2 Å². The number of benzene rings is 1. The van der Waals surface area contributed by atoms with Gasteiger partial charge in [0.1, 0.15) is 11.9 Å². The number of methoxy groups -OCH3 is 1. The van der Waals surface area contributed by atoms with E-state index in [4.69, 9.17) is 26.1 Å². The molecule has 1 unspecified atom stereocenters. The number of carboxylic acid groups (broad SMARTS) is 1. The highest BCUT2D eigenvalue weighted by Crippen LogP contribution is 2.37. The number of aliphatic imine (C=N–C) groups is 1. The average molecular weight is 537 g/mol. The summed E-state index contributed by atoms with van der Waals surface area (Å²) < 4.78 is 25.1. The normalized spacial score (nSPS) is 21.5. The highest BCUT2D eigenvalue weighted by atomic mass is 35.5. The summed E-state index contributed by atoms with van der Waals surface area (Å²) in [5.74, 6) is -2.29. The molecule has 0 bridgehead atoms. The second kappa shape index (κ2) is 11.5. The van der Waals surface area contributed by atoms with Gasteiger partial charge in [0.25, 0.3) is 0 Å². The van der Waals surface area contributed by atoms with Crippen molar-refractivity contribution >= 4 is 40.7 Å². The Hall–Kier alpha value is -2.86. The second-order valence-corrected chi connectivity index (χ2v) is 9.82. The Bertz CT molecular complexity index is 1190. The van der Waals surface area contributed by atoms with Crippen LogP contribution in [0.5, 0.6) is 0 Å². The molecule has 2 aromatic rings. The topological polar surface area (TPSA) is 113 Å². The van der Waals surface area contributed by atoms with Crippen LogP contribution >= 0.6 is 22.9 Å². The zero-order valence-electron chi connectivity index (χ0n) is 19.7. The van der Waals surface area contributed by atoms with Gasteiger partial charge in [0.05, 0.1) is 36.8 Å². The van der Waals surface area contributed by atoms with Gasteiger partial charge in [-0.3, -0.25) is 14.7 Å². The van der Waals surface area contributed by atoms with E-state index in [0.29, 0.717) is 48.3 Å². The Morgan fingerprint density at radius 1 is 1.44 bits per heavy atom. The molecule has 1 fully saturated rings. The van der Waals surface area contributed by atoms with Crippen molar-refractivity contribution in [3.8, 4) is 0 Å². The van der Waals surface area contributed by atoms with E-state index in [2.05, 4.69) is 15.2 Å². The zero-order valence-corrected chi connectivity index (χ0v) is 21.3. The average Bonchev–Trinajstić information content (AvgIpc) is 3.41. The Kier molecular flexibility index (Phi) is 8.35. The fraction of sp³-hybridized carbons (Fsp3) is 0.417. The predicted molar refractivity (Wildman–Crippen MR) is 133 cm³/mol. The number of aromatic nitrogens is 1. The summed E-state index contributed by atoms with van der Waals surface area (Å²) in [6.45, 7) is 3.28. The van der Waals surface area contributed by atoms with Crippen molar-refractivity contribution in [3.63, 3.8) is 0 Å². The number of aliphatic carboxylic acids is 1. The number of carbonyl (C=O) groups is 2. The Morgan fingerprint density at radius 2 is 2.25 bits per heavy atom. The van der Waals surface area contributed by atoms with Gasteiger partial charge in [-0.25, -0.2) is 14.2 Å². The summed E-state index contributed by atoms with van der Waals surface area (Å²) >= 11 is 7.69. The van der Waals surface area contributed by atoms with Gasteiger partial charge in [0.15, 0.2) is 10.8 Å². The molecular weight excluding hydrogens is 511 g/mol. The molecule has 1 aromatic heterocycles. The van der Waals surface area contributed by atoms with E-state index < -0.39 is 29.7 Å². The highest BCUT2D eigenvalue weighted by molar-refractivity contribution is 7.11. The number of nitrogens with zero attached hydrogens (tertiary/aromatic N) is 3. The Labute approximate surface area is 216 Å². The quantitative estimate of drug-likeness (QED) is 0.494. The zero-order chi connectivity index (χ0) is 25.8. The van der Waals surface area contributed by atoms with Crippen molar-refractivity contribution in [2.24, 2.45) is 10.9 Å². The van der Waals surface area contributed by atoms with Gasteiger partial charge in [-0.2, -0.15) is 0 Å². The molecule has 12 heteroatoms. The third kappa shape index (κ3) is 5.59. The summed E-state index contributed by atoms with van der Waals surface area (Å²) in [5.41, 5.74) is 1.02. The molecule has 0 saturated carbocycles. The van der Waals surface area contributed by atoms with Crippen molar-refractivity contribution in [3.05, 3.63) is 62.5 Å². The number of nitrogens with one attached hydrogen (secondary N) is 1. The number of amidine groups is 1. The third-order valence-electron chi connectivity index (χ3n) is 6.20. The van der Waals surface area contributed by atoms with E-state index in [-0.39, 0.29) is 23.2 Å². The predicted octanol–water partition coefficient (Wildman–Crippen LogP) is 3.27. The van der Waals surface area contributed by atoms with E-state index >= 15 is 0 Å². The fourth-order valence-electron chi connectivity index (χ4n) is 4.30. The number of halogens is 2. The first-order valence-corrected chi connectivity index (χ1v) is 12.6. The molecule has 1 aromatic carbocycles. The van der Waals surface area contributed by atoms with Gasteiger partial charge in [0, 0.05) is 42.0 Å². The van der Waals surface area contributed by atoms with Gasteiger partial charge in [-0.15, -0.1) is 11.3 Å². The maximum atomic E-state index is 14.4. The molecule has 9 nitrogen and oxygen atoms in total. The molecule has 36 heavy (non-hydrogen) atoms. The van der Waals surface area contributed by atoms with Crippen LogP contribution in [0, 0.1) is 11.7 Å². The molecule has 3 heterocycles. The van der Waals surface area contributed by atoms with Gasteiger partial charge < -0.3 is 19.9 Å². The largest absolute Gasteiger partial charge is 0.481 e. The maximum Gasteiger partial charge on any atom is 0.338 e. The number of esters is 1. The molecule has 0 spiro atoms. The minimum atomic E-state index is -0.937. The number of ether oxygens (including phenoxy) is 2. The van der Waals surface area contributed by atoms with E-state index in [1.54, 1.807) is 24.6 Å². The highest BCUT2D eigenvalue weighted by Gasteiger charge is 2.36. The molecule has 1 saturated heterocycles.